The molecule has 1 N–H and O–H groups in total. The van der Waals surface area contributed by atoms with Crippen LogP contribution in [0.25, 0.3) is 0 Å². The van der Waals surface area contributed by atoms with Gasteiger partial charge in [0.2, 0.25) is 6.79 Å². The van der Waals surface area contributed by atoms with E-state index in [-0.39, 0.29) is 35.0 Å². The molecule has 218 valence electrons. The van der Waals surface area contributed by atoms with Crippen molar-refractivity contribution < 1.29 is 42.5 Å². The molecule has 0 aliphatic carbocycles. The smallest absolute Gasteiger partial charge is 0.328 e. The third kappa shape index (κ3) is 8.64. The third-order valence-corrected chi connectivity index (χ3v) is 6.64. The van der Waals surface area contributed by atoms with E-state index in [2.05, 4.69) is 10.3 Å². The Morgan fingerprint density at radius 1 is 1.18 bits per heavy atom. The molecule has 0 saturated carbocycles. The van der Waals surface area contributed by atoms with Crippen molar-refractivity contribution in [2.24, 2.45) is 5.92 Å². The van der Waals surface area contributed by atoms with Crippen LogP contribution in [-0.4, -0.2) is 61.6 Å². The molecule has 2 aromatic rings. The number of hydrogen-bond donors (Lipinski definition) is 1. The Morgan fingerprint density at radius 2 is 1.93 bits per heavy atom. The molecule has 11 heteroatoms. The van der Waals surface area contributed by atoms with Gasteiger partial charge in [-0.15, -0.1) is 0 Å². The number of cyclic esters (lactones) is 1. The lowest BCUT2D eigenvalue weighted by Gasteiger charge is -2.31. The van der Waals surface area contributed by atoms with E-state index < -0.39 is 36.8 Å². The fraction of sp³-hybridized carbons (Fsp3) is 0.517. The van der Waals surface area contributed by atoms with Crippen LogP contribution in [0, 0.1) is 11.7 Å². The van der Waals surface area contributed by atoms with Gasteiger partial charge in [0.15, 0.2) is 17.2 Å². The monoisotopic (exact) mass is 560 g/mol. The molecule has 1 amide bonds. The highest BCUT2D eigenvalue weighted by Crippen LogP contribution is 2.31. The lowest BCUT2D eigenvalue weighted by atomic mass is 9.87. The molecule has 1 fully saturated rings. The maximum absolute atomic E-state index is 13.5. The molecule has 0 spiro atoms. The van der Waals surface area contributed by atoms with Crippen molar-refractivity contribution in [2.45, 2.75) is 71.1 Å². The summed E-state index contributed by atoms with van der Waals surface area (Å²) >= 11 is 0. The number of esters is 2. The Kier molecular flexibility index (Phi) is 11.7. The van der Waals surface area contributed by atoms with Crippen molar-refractivity contribution in [2.75, 3.05) is 20.5 Å². The molecule has 1 aromatic heterocycles. The van der Waals surface area contributed by atoms with E-state index in [1.807, 2.05) is 13.8 Å². The van der Waals surface area contributed by atoms with Gasteiger partial charge in [0, 0.05) is 31.7 Å². The summed E-state index contributed by atoms with van der Waals surface area (Å²) in [6.45, 7) is 5.17. The van der Waals surface area contributed by atoms with Gasteiger partial charge in [0.1, 0.15) is 18.0 Å². The Balaban J connectivity index is 1.78. The first-order valence-electron chi connectivity index (χ1n) is 13.4. The maximum Gasteiger partial charge on any atom is 0.328 e. The summed E-state index contributed by atoms with van der Waals surface area (Å²) in [6.07, 6.45) is 3.57. The Morgan fingerprint density at radius 3 is 2.60 bits per heavy atom. The number of pyridine rings is 1. The number of nitrogens with one attached hydrogen (secondary N) is 1. The first-order chi connectivity index (χ1) is 19.2. The lowest BCUT2D eigenvalue weighted by Crippen LogP contribution is -2.44. The van der Waals surface area contributed by atoms with E-state index in [0.29, 0.717) is 32.3 Å². The number of nitrogens with zero attached hydrogens (tertiary/aromatic N) is 1. The minimum atomic E-state index is -0.944. The Hall–Kier alpha value is -3.73. The molecule has 0 radical (unpaired) electrons. The number of ether oxygens (including phenoxy) is 5. The minimum Gasteiger partial charge on any atom is -0.493 e. The summed E-state index contributed by atoms with van der Waals surface area (Å²) in [6, 6.07) is 6.81. The molecule has 1 aromatic carbocycles. The standard InChI is InChI=1S/C29H37FN2O8/c1-5-15-37-24-8-6-7-23(29(35)40-18(2)22(24)16-20-9-11-21(30)12-10-20)32-28(34)26-27(39-17-38-19(3)33)25(36-4)13-14-31-26/h9-14,18,22-24H,5-8,15-17H2,1-4H3,(H,32,34). The average molecular weight is 561 g/mol. The molecule has 10 nitrogen and oxygen atoms in total. The van der Waals surface area contributed by atoms with E-state index in [9.17, 15) is 18.8 Å². The zero-order valence-electron chi connectivity index (χ0n) is 23.3. The molecule has 1 aliphatic rings. The molecule has 4 atom stereocenters. The summed E-state index contributed by atoms with van der Waals surface area (Å²) in [7, 11) is 1.39. The predicted molar refractivity (Wildman–Crippen MR) is 142 cm³/mol. The lowest BCUT2D eigenvalue weighted by molar-refractivity contribution is -0.155. The predicted octanol–water partition coefficient (Wildman–Crippen LogP) is 4.00. The van der Waals surface area contributed by atoms with Crippen molar-refractivity contribution in [1.82, 2.24) is 10.3 Å². The highest BCUT2D eigenvalue weighted by Gasteiger charge is 2.35. The molecular weight excluding hydrogens is 523 g/mol. The molecule has 2 heterocycles. The van der Waals surface area contributed by atoms with Crippen LogP contribution >= 0.6 is 0 Å². The second-order valence-electron chi connectivity index (χ2n) is 9.59. The summed E-state index contributed by atoms with van der Waals surface area (Å²) in [5.41, 5.74) is 0.777. The van der Waals surface area contributed by atoms with Gasteiger partial charge < -0.3 is 29.0 Å². The second-order valence-corrected chi connectivity index (χ2v) is 9.59. The Labute approximate surface area is 233 Å². The zero-order valence-corrected chi connectivity index (χ0v) is 23.3. The van der Waals surface area contributed by atoms with Gasteiger partial charge >= 0.3 is 11.9 Å². The Bertz CT molecular complexity index is 1140. The zero-order chi connectivity index (χ0) is 29.1. The molecule has 40 heavy (non-hydrogen) atoms. The highest BCUT2D eigenvalue weighted by atomic mass is 19.1. The number of carbonyl (C=O) groups excluding carboxylic acids is 3. The summed E-state index contributed by atoms with van der Waals surface area (Å²) in [5.74, 6) is -2.12. The van der Waals surface area contributed by atoms with Gasteiger partial charge in [-0.3, -0.25) is 9.59 Å². The van der Waals surface area contributed by atoms with E-state index in [1.165, 1.54) is 38.4 Å². The summed E-state index contributed by atoms with van der Waals surface area (Å²) in [5, 5.41) is 2.72. The summed E-state index contributed by atoms with van der Waals surface area (Å²) < 4.78 is 41.1. The molecular formula is C29H37FN2O8. The van der Waals surface area contributed by atoms with E-state index in [4.69, 9.17) is 23.7 Å². The minimum absolute atomic E-state index is 0.0269. The van der Waals surface area contributed by atoms with E-state index in [1.54, 1.807) is 12.1 Å². The topological polar surface area (TPSA) is 122 Å². The second kappa shape index (κ2) is 15.2. The van der Waals surface area contributed by atoms with Crippen LogP contribution in [0.2, 0.25) is 0 Å². The number of methoxy groups -OCH3 is 1. The molecule has 1 aliphatic heterocycles. The SMILES string of the molecule is CCCOC1CCCC(NC(=O)c2nccc(OC)c2OCOC(C)=O)C(=O)OC(C)C1Cc1ccc(F)cc1. The van der Waals surface area contributed by atoms with Crippen molar-refractivity contribution in [3.63, 3.8) is 0 Å². The van der Waals surface area contributed by atoms with Gasteiger partial charge in [-0.2, -0.15) is 0 Å². The molecule has 0 bridgehead atoms. The van der Waals surface area contributed by atoms with Gasteiger partial charge in [-0.25, -0.2) is 14.2 Å². The highest BCUT2D eigenvalue weighted by molar-refractivity contribution is 5.98. The van der Waals surface area contributed by atoms with E-state index in [0.717, 1.165) is 12.0 Å². The van der Waals surface area contributed by atoms with Crippen LogP contribution in [0.1, 0.15) is 62.5 Å². The normalized spacial score (nSPS) is 21.3. The van der Waals surface area contributed by atoms with Gasteiger partial charge in [-0.05, 0) is 56.7 Å². The largest absolute Gasteiger partial charge is 0.493 e. The fourth-order valence-electron chi connectivity index (χ4n) is 4.60. The number of carbonyl (C=O) groups is 3. The van der Waals surface area contributed by atoms with Crippen LogP contribution in [0.4, 0.5) is 4.39 Å². The number of halogens is 1. The average Bonchev–Trinajstić information content (AvgIpc) is 2.98. The quantitative estimate of drug-likeness (QED) is 0.321. The fourth-order valence-corrected chi connectivity index (χ4v) is 4.60. The van der Waals surface area contributed by atoms with Crippen LogP contribution in [0.5, 0.6) is 11.5 Å². The number of benzene rings is 1. The van der Waals surface area contributed by atoms with Gasteiger partial charge in [-0.1, -0.05) is 19.1 Å². The van der Waals surface area contributed by atoms with Crippen molar-refractivity contribution in [3.8, 4) is 11.5 Å². The van der Waals surface area contributed by atoms with Crippen molar-refractivity contribution in [3.05, 3.63) is 53.6 Å². The van der Waals surface area contributed by atoms with Crippen molar-refractivity contribution in [1.29, 1.82) is 0 Å². The third-order valence-electron chi connectivity index (χ3n) is 6.64. The number of amides is 1. The number of rotatable bonds is 11. The van der Waals surface area contributed by atoms with Crippen LogP contribution in [-0.2, 0) is 30.2 Å². The van der Waals surface area contributed by atoms with Crippen LogP contribution in [0.3, 0.4) is 0 Å². The van der Waals surface area contributed by atoms with Crippen molar-refractivity contribution >= 4 is 17.8 Å². The number of aromatic nitrogens is 1. The maximum atomic E-state index is 13.5. The summed E-state index contributed by atoms with van der Waals surface area (Å²) in [4.78, 5) is 41.8. The van der Waals surface area contributed by atoms with Crippen LogP contribution < -0.4 is 14.8 Å². The molecule has 1 saturated heterocycles. The number of hydrogen-bond acceptors (Lipinski definition) is 9. The van der Waals surface area contributed by atoms with E-state index >= 15 is 0 Å². The first-order valence-corrected chi connectivity index (χ1v) is 13.4. The van der Waals surface area contributed by atoms with Gasteiger partial charge in [0.05, 0.1) is 13.2 Å². The molecule has 3 rings (SSSR count). The molecule has 4 unspecified atom stereocenters. The van der Waals surface area contributed by atoms with Crippen LogP contribution in [0.15, 0.2) is 36.5 Å². The van der Waals surface area contributed by atoms with Gasteiger partial charge in [0.25, 0.3) is 5.91 Å². The first kappa shape index (κ1) is 30.8.